The lowest BCUT2D eigenvalue weighted by Gasteiger charge is -2.40. The van der Waals surface area contributed by atoms with Crippen LogP contribution in [0.2, 0.25) is 5.02 Å². The van der Waals surface area contributed by atoms with E-state index >= 15 is 0 Å². The lowest BCUT2D eigenvalue weighted by molar-refractivity contribution is 0.0647. The Morgan fingerprint density at radius 2 is 2.11 bits per heavy atom. The van der Waals surface area contributed by atoms with Crippen LogP contribution in [0.3, 0.4) is 0 Å². The summed E-state index contributed by atoms with van der Waals surface area (Å²) in [5.74, 6) is 0. The van der Waals surface area contributed by atoms with Crippen molar-refractivity contribution in [2.45, 2.75) is 24.9 Å². The molecule has 1 aliphatic rings. The highest BCUT2D eigenvalue weighted by Crippen LogP contribution is 2.32. The molecule has 0 bridgehead atoms. The minimum Gasteiger partial charge on any atom is -0.379 e. The molecule has 100 valence electrons. The molecule has 1 aliphatic heterocycles. The van der Waals surface area contributed by atoms with E-state index < -0.39 is 0 Å². The minimum absolute atomic E-state index is 0.0287. The third kappa shape index (κ3) is 2.54. The summed E-state index contributed by atoms with van der Waals surface area (Å²) >= 11 is 5.92. The van der Waals surface area contributed by atoms with Crippen molar-refractivity contribution in [3.63, 3.8) is 0 Å². The first-order chi connectivity index (χ1) is 8.59. The fourth-order valence-electron chi connectivity index (χ4n) is 2.56. The monoisotopic (exact) mass is 268 g/mol. The molecule has 0 aromatic heterocycles. The summed E-state index contributed by atoms with van der Waals surface area (Å²) < 4.78 is 5.53. The number of nitrogens with zero attached hydrogens (tertiary/aromatic N) is 1. The van der Waals surface area contributed by atoms with Crippen molar-refractivity contribution in [3.05, 3.63) is 34.9 Å². The molecule has 1 heterocycles. The first kappa shape index (κ1) is 13.8. The molecule has 4 heteroatoms. The molecule has 2 atom stereocenters. The molecule has 0 saturated carbocycles. The summed E-state index contributed by atoms with van der Waals surface area (Å²) in [5.41, 5.74) is 7.19. The average Bonchev–Trinajstić information content (AvgIpc) is 2.88. The molecular weight excluding hydrogens is 248 g/mol. The van der Waals surface area contributed by atoms with Crippen molar-refractivity contribution in [1.29, 1.82) is 0 Å². The van der Waals surface area contributed by atoms with Crippen LogP contribution in [0.1, 0.15) is 24.9 Å². The first-order valence-corrected chi connectivity index (χ1v) is 6.73. The van der Waals surface area contributed by atoms with Crippen LogP contribution in [0, 0.1) is 0 Å². The predicted octanol–water partition coefficient (Wildman–Crippen LogP) is 2.45. The van der Waals surface area contributed by atoms with Crippen LogP contribution in [0.5, 0.6) is 0 Å². The molecule has 3 nitrogen and oxygen atoms in total. The molecule has 0 spiro atoms. The maximum atomic E-state index is 5.97. The molecule has 0 aliphatic carbocycles. The summed E-state index contributed by atoms with van der Waals surface area (Å²) in [6, 6.07) is 8.31. The Kier molecular flexibility index (Phi) is 4.28. The Morgan fingerprint density at radius 3 is 2.61 bits per heavy atom. The van der Waals surface area contributed by atoms with Crippen molar-refractivity contribution >= 4 is 11.6 Å². The van der Waals surface area contributed by atoms with Crippen molar-refractivity contribution in [2.75, 3.05) is 26.8 Å². The zero-order valence-electron chi connectivity index (χ0n) is 11.0. The summed E-state index contributed by atoms with van der Waals surface area (Å²) in [6.07, 6.45) is 0.998. The van der Waals surface area contributed by atoms with E-state index in [9.17, 15) is 0 Å². The molecule has 18 heavy (non-hydrogen) atoms. The largest absolute Gasteiger partial charge is 0.379 e. The second-order valence-corrected chi connectivity index (χ2v) is 5.51. The topological polar surface area (TPSA) is 38.5 Å². The van der Waals surface area contributed by atoms with Crippen LogP contribution in [0.15, 0.2) is 24.3 Å². The molecule has 2 N–H and O–H groups in total. The highest BCUT2D eigenvalue weighted by molar-refractivity contribution is 6.30. The number of benzene rings is 1. The number of hydrogen-bond acceptors (Lipinski definition) is 3. The Bertz CT molecular complexity index is 387. The summed E-state index contributed by atoms with van der Waals surface area (Å²) in [6.45, 7) is 4.34. The average molecular weight is 269 g/mol. The number of halogens is 1. The SMILES string of the molecule is CC(c1ccc(Cl)cc1)N(C)C1(CN)CCOC1. The van der Waals surface area contributed by atoms with E-state index in [1.54, 1.807) is 0 Å². The second kappa shape index (κ2) is 5.57. The van der Waals surface area contributed by atoms with Gasteiger partial charge >= 0.3 is 0 Å². The van der Waals surface area contributed by atoms with Crippen molar-refractivity contribution in [3.8, 4) is 0 Å². The molecule has 1 fully saturated rings. The van der Waals surface area contributed by atoms with Crippen LogP contribution in [-0.2, 0) is 4.74 Å². The molecular formula is C14H21ClN2O. The van der Waals surface area contributed by atoms with Crippen LogP contribution in [0.25, 0.3) is 0 Å². The lowest BCUT2D eigenvalue weighted by atomic mass is 9.93. The quantitative estimate of drug-likeness (QED) is 0.912. The Hall–Kier alpha value is -0.610. The van der Waals surface area contributed by atoms with Gasteiger partial charge in [0, 0.05) is 24.2 Å². The van der Waals surface area contributed by atoms with E-state index in [0.29, 0.717) is 12.6 Å². The number of rotatable bonds is 4. The Balaban J connectivity index is 2.17. The molecule has 2 rings (SSSR count). The van der Waals surface area contributed by atoms with Crippen LogP contribution >= 0.6 is 11.6 Å². The van der Waals surface area contributed by atoms with E-state index in [0.717, 1.165) is 24.7 Å². The normalized spacial score (nSPS) is 25.6. The second-order valence-electron chi connectivity index (χ2n) is 5.07. The van der Waals surface area contributed by atoms with Crippen LogP contribution in [0.4, 0.5) is 0 Å². The Morgan fingerprint density at radius 1 is 1.44 bits per heavy atom. The van der Waals surface area contributed by atoms with Gasteiger partial charge in [0.15, 0.2) is 0 Å². The number of likely N-dealkylation sites (N-methyl/N-ethyl adjacent to an activating group) is 1. The van der Waals surface area contributed by atoms with E-state index in [4.69, 9.17) is 22.1 Å². The van der Waals surface area contributed by atoms with Crippen molar-refractivity contribution in [2.24, 2.45) is 5.73 Å². The summed E-state index contributed by atoms with van der Waals surface area (Å²) in [5, 5.41) is 0.770. The van der Waals surface area contributed by atoms with Gasteiger partial charge in [0.2, 0.25) is 0 Å². The van der Waals surface area contributed by atoms with E-state index in [1.165, 1.54) is 5.56 Å². The fourth-order valence-corrected chi connectivity index (χ4v) is 2.68. The van der Waals surface area contributed by atoms with E-state index in [-0.39, 0.29) is 5.54 Å². The van der Waals surface area contributed by atoms with E-state index in [1.807, 2.05) is 12.1 Å². The van der Waals surface area contributed by atoms with Crippen molar-refractivity contribution < 1.29 is 4.74 Å². The van der Waals surface area contributed by atoms with Gasteiger partial charge in [-0.25, -0.2) is 0 Å². The first-order valence-electron chi connectivity index (χ1n) is 6.35. The van der Waals surface area contributed by atoms with Gasteiger partial charge in [0.05, 0.1) is 12.1 Å². The highest BCUT2D eigenvalue weighted by Gasteiger charge is 2.39. The Labute approximate surface area is 114 Å². The fraction of sp³-hybridized carbons (Fsp3) is 0.571. The summed E-state index contributed by atoms with van der Waals surface area (Å²) in [7, 11) is 2.13. The van der Waals surface area contributed by atoms with Gasteiger partial charge in [-0.2, -0.15) is 0 Å². The molecule has 1 aromatic rings. The highest BCUT2D eigenvalue weighted by atomic mass is 35.5. The predicted molar refractivity (Wildman–Crippen MR) is 74.9 cm³/mol. The smallest absolute Gasteiger partial charge is 0.0663 e. The van der Waals surface area contributed by atoms with Gasteiger partial charge in [-0.1, -0.05) is 23.7 Å². The number of hydrogen-bond donors (Lipinski definition) is 1. The number of nitrogens with two attached hydrogens (primary N) is 1. The van der Waals surface area contributed by atoms with Crippen molar-refractivity contribution in [1.82, 2.24) is 4.90 Å². The van der Waals surface area contributed by atoms with Gasteiger partial charge in [-0.3, -0.25) is 4.90 Å². The third-order valence-electron chi connectivity index (χ3n) is 4.14. The number of ether oxygens (including phenoxy) is 1. The lowest BCUT2D eigenvalue weighted by Crippen LogP contribution is -2.53. The van der Waals surface area contributed by atoms with Gasteiger partial charge in [-0.15, -0.1) is 0 Å². The zero-order valence-corrected chi connectivity index (χ0v) is 11.8. The third-order valence-corrected chi connectivity index (χ3v) is 4.40. The van der Waals surface area contributed by atoms with Gasteiger partial charge in [0.1, 0.15) is 0 Å². The summed E-state index contributed by atoms with van der Waals surface area (Å²) in [4.78, 5) is 2.34. The minimum atomic E-state index is -0.0287. The van der Waals surface area contributed by atoms with Gasteiger partial charge in [-0.05, 0) is 38.1 Å². The standard InChI is InChI=1S/C14H21ClN2O/c1-11(12-3-5-13(15)6-4-12)17(2)14(9-16)7-8-18-10-14/h3-6,11H,7-10,16H2,1-2H3. The molecule has 1 aromatic carbocycles. The van der Waals surface area contributed by atoms with Crippen LogP contribution in [-0.4, -0.2) is 37.2 Å². The van der Waals surface area contributed by atoms with Gasteiger partial charge < -0.3 is 10.5 Å². The van der Waals surface area contributed by atoms with Crippen LogP contribution < -0.4 is 5.73 Å². The zero-order chi connectivity index (χ0) is 13.2. The molecule has 1 saturated heterocycles. The maximum Gasteiger partial charge on any atom is 0.0663 e. The molecule has 0 amide bonds. The maximum absolute atomic E-state index is 5.97. The van der Waals surface area contributed by atoms with Gasteiger partial charge in [0.25, 0.3) is 0 Å². The molecule has 0 radical (unpaired) electrons. The van der Waals surface area contributed by atoms with E-state index in [2.05, 4.69) is 31.0 Å². The molecule has 2 unspecified atom stereocenters.